The van der Waals surface area contributed by atoms with Crippen molar-refractivity contribution in [1.29, 1.82) is 0 Å². The van der Waals surface area contributed by atoms with Gasteiger partial charge in [-0.1, -0.05) is 34.8 Å². The summed E-state index contributed by atoms with van der Waals surface area (Å²) in [6.07, 6.45) is 6.42. The number of nitrogens with zero attached hydrogens (tertiary/aromatic N) is 2. The number of rotatable bonds is 4. The van der Waals surface area contributed by atoms with Gasteiger partial charge in [0.2, 0.25) is 0 Å². The zero-order chi connectivity index (χ0) is 13.0. The molecule has 1 fully saturated rings. The van der Waals surface area contributed by atoms with Crippen LogP contribution in [-0.2, 0) is 0 Å². The van der Waals surface area contributed by atoms with Crippen molar-refractivity contribution in [2.24, 2.45) is 0 Å². The molecule has 1 heterocycles. The quantitative estimate of drug-likeness (QED) is 0.800. The van der Waals surface area contributed by atoms with Crippen LogP contribution in [0.3, 0.4) is 0 Å². The van der Waals surface area contributed by atoms with Crippen molar-refractivity contribution >= 4 is 21.8 Å². The first-order chi connectivity index (χ1) is 8.74. The molecule has 1 aliphatic rings. The van der Waals surface area contributed by atoms with Crippen LogP contribution in [0.5, 0.6) is 0 Å². The van der Waals surface area contributed by atoms with Crippen LogP contribution in [0.15, 0.2) is 18.3 Å². The highest BCUT2D eigenvalue weighted by Gasteiger charge is 2.28. The van der Waals surface area contributed by atoms with Gasteiger partial charge in [-0.05, 0) is 31.4 Å². The summed E-state index contributed by atoms with van der Waals surface area (Å²) < 4.78 is 0. The molecule has 0 aliphatic heterocycles. The lowest BCUT2D eigenvalue weighted by molar-refractivity contribution is 0.0689. The second-order valence-corrected chi connectivity index (χ2v) is 5.59. The second kappa shape index (κ2) is 6.32. The van der Waals surface area contributed by atoms with Crippen LogP contribution >= 0.6 is 15.9 Å². The molecule has 0 atom stereocenters. The van der Waals surface area contributed by atoms with E-state index in [2.05, 4.69) is 20.9 Å². The molecule has 2 rings (SSSR count). The topological polar surface area (TPSA) is 33.2 Å². The predicted molar refractivity (Wildman–Crippen MR) is 76.1 cm³/mol. The number of alkyl halides is 1. The van der Waals surface area contributed by atoms with Crippen molar-refractivity contribution in [3.05, 3.63) is 29.6 Å². The SMILES string of the molecule is Cc1cccnc1C(=O)N(CCBr)C1CCCC1. The number of halogens is 1. The van der Waals surface area contributed by atoms with Gasteiger partial charge in [-0.15, -0.1) is 0 Å². The van der Waals surface area contributed by atoms with Crippen LogP contribution in [0.1, 0.15) is 41.7 Å². The Hall–Kier alpha value is -0.900. The molecular formula is C14H19BrN2O. The highest BCUT2D eigenvalue weighted by atomic mass is 79.9. The average Bonchev–Trinajstić information content (AvgIpc) is 2.89. The van der Waals surface area contributed by atoms with Crippen LogP contribution in [0.2, 0.25) is 0 Å². The van der Waals surface area contributed by atoms with Crippen molar-refractivity contribution in [1.82, 2.24) is 9.88 Å². The average molecular weight is 311 g/mol. The van der Waals surface area contributed by atoms with E-state index in [9.17, 15) is 4.79 Å². The molecule has 1 amide bonds. The Labute approximate surface area is 117 Å². The fourth-order valence-electron chi connectivity index (χ4n) is 2.60. The fourth-order valence-corrected chi connectivity index (χ4v) is 2.98. The highest BCUT2D eigenvalue weighted by Crippen LogP contribution is 2.25. The molecule has 1 aromatic rings. The molecule has 0 saturated heterocycles. The molecule has 3 nitrogen and oxygen atoms in total. The Bertz CT molecular complexity index is 416. The number of carbonyl (C=O) groups is 1. The number of hydrogen-bond acceptors (Lipinski definition) is 2. The van der Waals surface area contributed by atoms with E-state index in [1.165, 1.54) is 12.8 Å². The summed E-state index contributed by atoms with van der Waals surface area (Å²) in [7, 11) is 0. The van der Waals surface area contributed by atoms with Gasteiger partial charge in [-0.3, -0.25) is 9.78 Å². The predicted octanol–water partition coefficient (Wildman–Crippen LogP) is 3.17. The van der Waals surface area contributed by atoms with Gasteiger partial charge in [0.05, 0.1) is 0 Å². The molecule has 0 N–H and O–H groups in total. The zero-order valence-corrected chi connectivity index (χ0v) is 12.3. The fraction of sp³-hybridized carbons (Fsp3) is 0.571. The Morgan fingerprint density at radius 1 is 1.50 bits per heavy atom. The van der Waals surface area contributed by atoms with Crippen molar-refractivity contribution < 1.29 is 4.79 Å². The summed E-state index contributed by atoms with van der Waals surface area (Å²) in [6, 6.07) is 4.22. The number of pyridine rings is 1. The molecule has 4 heteroatoms. The number of aryl methyl sites for hydroxylation is 1. The molecular weight excluding hydrogens is 292 g/mol. The third-order valence-electron chi connectivity index (χ3n) is 3.56. The number of hydrogen-bond donors (Lipinski definition) is 0. The highest BCUT2D eigenvalue weighted by molar-refractivity contribution is 9.09. The first-order valence-electron chi connectivity index (χ1n) is 6.52. The van der Waals surface area contributed by atoms with Crippen LogP contribution in [0, 0.1) is 6.92 Å². The molecule has 0 radical (unpaired) electrons. The molecule has 98 valence electrons. The third-order valence-corrected chi connectivity index (χ3v) is 3.92. The van der Waals surface area contributed by atoms with Gasteiger partial charge in [0, 0.05) is 24.1 Å². The van der Waals surface area contributed by atoms with E-state index in [0.717, 1.165) is 30.3 Å². The van der Waals surface area contributed by atoms with E-state index in [1.54, 1.807) is 6.20 Å². The summed E-state index contributed by atoms with van der Waals surface area (Å²) >= 11 is 3.44. The first kappa shape index (κ1) is 13.5. The van der Waals surface area contributed by atoms with Gasteiger partial charge in [0.1, 0.15) is 5.69 Å². The molecule has 0 unspecified atom stereocenters. The molecule has 1 aliphatic carbocycles. The molecule has 0 spiro atoms. The minimum Gasteiger partial charge on any atom is -0.333 e. The molecule has 0 aromatic carbocycles. The van der Waals surface area contributed by atoms with Crippen molar-refractivity contribution in [2.45, 2.75) is 38.6 Å². The van der Waals surface area contributed by atoms with Crippen LogP contribution < -0.4 is 0 Å². The minimum atomic E-state index is 0.0828. The summed E-state index contributed by atoms with van der Waals surface area (Å²) in [6.45, 7) is 2.71. The maximum atomic E-state index is 12.6. The Morgan fingerprint density at radius 3 is 2.83 bits per heavy atom. The first-order valence-corrected chi connectivity index (χ1v) is 7.64. The van der Waals surface area contributed by atoms with Gasteiger partial charge >= 0.3 is 0 Å². The van der Waals surface area contributed by atoms with Gasteiger partial charge < -0.3 is 4.90 Å². The van der Waals surface area contributed by atoms with E-state index in [-0.39, 0.29) is 5.91 Å². The van der Waals surface area contributed by atoms with E-state index < -0.39 is 0 Å². The maximum absolute atomic E-state index is 12.6. The molecule has 0 bridgehead atoms. The van der Waals surface area contributed by atoms with E-state index in [1.807, 2.05) is 24.0 Å². The van der Waals surface area contributed by atoms with Gasteiger partial charge in [0.25, 0.3) is 5.91 Å². The number of aromatic nitrogens is 1. The lowest BCUT2D eigenvalue weighted by atomic mass is 10.1. The summed E-state index contributed by atoms with van der Waals surface area (Å²) in [5.41, 5.74) is 1.56. The van der Waals surface area contributed by atoms with E-state index >= 15 is 0 Å². The summed E-state index contributed by atoms with van der Waals surface area (Å²) in [4.78, 5) is 18.8. The summed E-state index contributed by atoms with van der Waals surface area (Å²) in [5, 5.41) is 0.821. The third kappa shape index (κ3) is 2.91. The Kier molecular flexibility index (Phi) is 4.75. The van der Waals surface area contributed by atoms with E-state index in [4.69, 9.17) is 0 Å². The standard InChI is InChI=1S/C14H19BrN2O/c1-11-5-4-9-16-13(11)14(18)17(10-8-15)12-6-2-3-7-12/h4-5,9,12H,2-3,6-8,10H2,1H3. The van der Waals surface area contributed by atoms with Gasteiger partial charge in [-0.25, -0.2) is 0 Å². The van der Waals surface area contributed by atoms with Gasteiger partial charge in [-0.2, -0.15) is 0 Å². The summed E-state index contributed by atoms with van der Waals surface area (Å²) in [5.74, 6) is 0.0828. The Balaban J connectivity index is 2.20. The molecule has 1 aromatic heterocycles. The zero-order valence-electron chi connectivity index (χ0n) is 10.7. The monoisotopic (exact) mass is 310 g/mol. The van der Waals surface area contributed by atoms with E-state index in [0.29, 0.717) is 11.7 Å². The smallest absolute Gasteiger partial charge is 0.272 e. The van der Waals surface area contributed by atoms with Crippen LogP contribution in [-0.4, -0.2) is 33.7 Å². The van der Waals surface area contributed by atoms with Crippen LogP contribution in [0.25, 0.3) is 0 Å². The largest absolute Gasteiger partial charge is 0.333 e. The van der Waals surface area contributed by atoms with Gasteiger partial charge in [0.15, 0.2) is 0 Å². The minimum absolute atomic E-state index is 0.0828. The van der Waals surface area contributed by atoms with Crippen molar-refractivity contribution in [3.63, 3.8) is 0 Å². The maximum Gasteiger partial charge on any atom is 0.272 e. The molecule has 1 saturated carbocycles. The van der Waals surface area contributed by atoms with Crippen LogP contribution in [0.4, 0.5) is 0 Å². The number of amides is 1. The van der Waals surface area contributed by atoms with Crippen molar-refractivity contribution in [3.8, 4) is 0 Å². The van der Waals surface area contributed by atoms with Crippen molar-refractivity contribution in [2.75, 3.05) is 11.9 Å². The lowest BCUT2D eigenvalue weighted by Crippen LogP contribution is -2.40. The normalized spacial score (nSPS) is 15.9. The second-order valence-electron chi connectivity index (χ2n) is 4.79. The molecule has 18 heavy (non-hydrogen) atoms. The number of carbonyl (C=O) groups excluding carboxylic acids is 1. The Morgan fingerprint density at radius 2 is 2.22 bits per heavy atom. The lowest BCUT2D eigenvalue weighted by Gasteiger charge is -2.28.